The van der Waals surface area contributed by atoms with Crippen molar-refractivity contribution in [2.24, 2.45) is 5.73 Å². The summed E-state index contributed by atoms with van der Waals surface area (Å²) in [6.07, 6.45) is 0. The van der Waals surface area contributed by atoms with Gasteiger partial charge in [0.1, 0.15) is 14.5 Å². The summed E-state index contributed by atoms with van der Waals surface area (Å²) in [7, 11) is -1.02. The normalized spacial score (nSPS) is 9.80. The molecule has 4 heteroatoms. The van der Waals surface area contributed by atoms with E-state index < -0.39 is 8.89 Å². The van der Waals surface area contributed by atoms with Crippen molar-refractivity contribution in [2.45, 2.75) is 0 Å². The van der Waals surface area contributed by atoms with Crippen LogP contribution in [0.1, 0.15) is 0 Å². The van der Waals surface area contributed by atoms with Crippen LogP contribution in [0.2, 0.25) is 0 Å². The molecule has 0 aromatic rings. The molecular formula is CH4FN2P. The first-order valence-electron chi connectivity index (χ1n) is 0.978. The average Bonchev–Trinajstić information content (AvgIpc) is 1.38. The van der Waals surface area contributed by atoms with Crippen molar-refractivity contribution >= 4 is 14.5 Å². The third-order valence-electron chi connectivity index (χ3n) is 0.102. The Morgan fingerprint density at radius 1 is 2.00 bits per heavy atom. The first-order valence-corrected chi connectivity index (χ1v) is 1.86. The third-order valence-corrected chi connectivity index (χ3v) is 0.305. The average molecular weight is 94.0 g/mol. The van der Waals surface area contributed by atoms with Gasteiger partial charge in [0.2, 0.25) is 0 Å². The molecule has 3 N–H and O–H groups in total. The Balaban J connectivity index is 2.85. The molecular weight excluding hydrogens is 90.0 g/mol. The van der Waals surface area contributed by atoms with Crippen molar-refractivity contribution in [2.75, 3.05) is 0 Å². The molecule has 0 aromatic carbocycles. The van der Waals surface area contributed by atoms with E-state index in [-0.39, 0.29) is 5.58 Å². The van der Waals surface area contributed by atoms with Crippen LogP contribution in [-0.4, -0.2) is 5.58 Å². The molecule has 0 bridgehead atoms. The highest BCUT2D eigenvalue weighted by atomic mass is 31.1. The Kier molecular flexibility index (Phi) is 2.02. The Labute approximate surface area is 31.0 Å². The molecule has 0 amide bonds. The van der Waals surface area contributed by atoms with Gasteiger partial charge in [0.15, 0.2) is 0 Å². The molecule has 0 radical (unpaired) electrons. The summed E-state index contributed by atoms with van der Waals surface area (Å²) in [6.45, 7) is 0. The van der Waals surface area contributed by atoms with Crippen LogP contribution in [0.3, 0.4) is 0 Å². The van der Waals surface area contributed by atoms with E-state index in [2.05, 4.69) is 5.73 Å². The molecule has 0 heterocycles. The van der Waals surface area contributed by atoms with Gasteiger partial charge >= 0.3 is 0 Å². The molecule has 0 saturated heterocycles. The predicted octanol–water partition coefficient (Wildman–Crippen LogP) is 0.443. The molecule has 2 nitrogen and oxygen atoms in total. The summed E-state index contributed by atoms with van der Waals surface area (Å²) >= 11 is 0. The lowest BCUT2D eigenvalue weighted by atomic mass is 11.4. The molecule has 0 aliphatic heterocycles. The molecule has 0 rings (SSSR count). The maximum atomic E-state index is 10.8. The van der Waals surface area contributed by atoms with Crippen LogP contribution in [0, 0.1) is 5.41 Å². The lowest BCUT2D eigenvalue weighted by molar-refractivity contribution is 0.930. The Morgan fingerprint density at radius 2 is 2.20 bits per heavy atom. The van der Waals surface area contributed by atoms with Crippen molar-refractivity contribution in [3.8, 4) is 0 Å². The molecule has 0 spiro atoms. The monoisotopic (exact) mass is 94.0 g/mol. The maximum absolute atomic E-state index is 10.8. The first kappa shape index (κ1) is 4.83. The van der Waals surface area contributed by atoms with E-state index in [0.717, 1.165) is 0 Å². The number of rotatable bonds is 1. The van der Waals surface area contributed by atoms with Gasteiger partial charge in [-0.25, -0.2) is 4.20 Å². The van der Waals surface area contributed by atoms with Crippen molar-refractivity contribution in [3.63, 3.8) is 0 Å². The van der Waals surface area contributed by atoms with Crippen LogP contribution in [0.5, 0.6) is 0 Å². The van der Waals surface area contributed by atoms with Crippen LogP contribution >= 0.6 is 8.89 Å². The van der Waals surface area contributed by atoms with Crippen LogP contribution in [-0.2, 0) is 0 Å². The zero-order chi connectivity index (χ0) is 4.28. The smallest absolute Gasteiger partial charge is 0.145 e. The Morgan fingerprint density at radius 3 is 2.20 bits per heavy atom. The molecule has 1 unspecified atom stereocenters. The van der Waals surface area contributed by atoms with Gasteiger partial charge in [0, 0.05) is 0 Å². The summed E-state index contributed by atoms with van der Waals surface area (Å²) in [5.74, 6) is 0. The van der Waals surface area contributed by atoms with E-state index in [0.29, 0.717) is 0 Å². The van der Waals surface area contributed by atoms with E-state index in [1.165, 1.54) is 0 Å². The summed E-state index contributed by atoms with van der Waals surface area (Å²) in [4.78, 5) is 0. The SMILES string of the molecule is N=C(N)PF. The molecule has 30 valence electrons. The third kappa shape index (κ3) is 3.83. The summed E-state index contributed by atoms with van der Waals surface area (Å²) in [5, 5.41) is 6.16. The molecule has 0 saturated carbocycles. The lowest BCUT2D eigenvalue weighted by Crippen LogP contribution is -1.98. The zero-order valence-electron chi connectivity index (χ0n) is 2.46. The number of hydrogen-bond acceptors (Lipinski definition) is 1. The highest BCUT2D eigenvalue weighted by Gasteiger charge is 1.76. The highest BCUT2D eigenvalue weighted by Crippen LogP contribution is 2.05. The topological polar surface area (TPSA) is 49.9 Å². The fourth-order valence-electron chi connectivity index (χ4n) is 0. The van der Waals surface area contributed by atoms with Gasteiger partial charge in [-0.1, -0.05) is 0 Å². The number of nitrogens with two attached hydrogens (primary N) is 1. The van der Waals surface area contributed by atoms with Crippen LogP contribution in [0.4, 0.5) is 4.20 Å². The summed E-state index contributed by atoms with van der Waals surface area (Å²) in [5.41, 5.74) is 4.13. The zero-order valence-corrected chi connectivity index (χ0v) is 3.46. The second-order valence-electron chi connectivity index (χ2n) is 0.508. The molecule has 5 heavy (non-hydrogen) atoms. The van der Waals surface area contributed by atoms with E-state index >= 15 is 0 Å². The maximum Gasteiger partial charge on any atom is 0.145 e. The number of hydrogen-bond donors (Lipinski definition) is 2. The second kappa shape index (κ2) is 2.09. The molecule has 0 fully saturated rings. The number of halogens is 1. The van der Waals surface area contributed by atoms with Crippen molar-refractivity contribution in [1.29, 1.82) is 5.41 Å². The fraction of sp³-hybridized carbons (Fsp3) is 0. The quantitative estimate of drug-likeness (QED) is 0.276. The second-order valence-corrected chi connectivity index (χ2v) is 1.24. The molecule has 0 aromatic heterocycles. The van der Waals surface area contributed by atoms with Crippen LogP contribution in [0.15, 0.2) is 0 Å². The fourth-order valence-corrected chi connectivity index (χ4v) is 0. The van der Waals surface area contributed by atoms with Gasteiger partial charge in [-0.15, -0.1) is 0 Å². The minimum atomic E-state index is -1.02. The number of amidine groups is 1. The minimum absolute atomic E-state index is 0.384. The van der Waals surface area contributed by atoms with Crippen LogP contribution in [0.25, 0.3) is 0 Å². The van der Waals surface area contributed by atoms with E-state index in [4.69, 9.17) is 5.41 Å². The molecule has 0 aliphatic rings. The Bertz CT molecular complexity index is 44.9. The summed E-state index contributed by atoms with van der Waals surface area (Å²) in [6, 6.07) is 0. The number of nitrogens with one attached hydrogen (secondary N) is 1. The van der Waals surface area contributed by atoms with Crippen molar-refractivity contribution in [3.05, 3.63) is 0 Å². The largest absolute Gasteiger partial charge is 0.382 e. The Hall–Kier alpha value is -0.170. The van der Waals surface area contributed by atoms with E-state index in [1.807, 2.05) is 0 Å². The van der Waals surface area contributed by atoms with Gasteiger partial charge in [0.05, 0.1) is 0 Å². The lowest BCUT2D eigenvalue weighted by Gasteiger charge is -1.75. The van der Waals surface area contributed by atoms with Gasteiger partial charge in [-0.3, -0.25) is 5.41 Å². The van der Waals surface area contributed by atoms with E-state index in [1.54, 1.807) is 0 Å². The first-order chi connectivity index (χ1) is 2.27. The van der Waals surface area contributed by atoms with Crippen LogP contribution < -0.4 is 5.73 Å². The van der Waals surface area contributed by atoms with Crippen molar-refractivity contribution < 1.29 is 4.20 Å². The van der Waals surface area contributed by atoms with Gasteiger partial charge in [-0.05, 0) is 0 Å². The molecule has 0 aliphatic carbocycles. The van der Waals surface area contributed by atoms with Gasteiger partial charge < -0.3 is 5.73 Å². The standard InChI is InChI=1S/CH4FN2P/c2-5-1(3)4/h5H,(H3,3,4). The summed E-state index contributed by atoms with van der Waals surface area (Å²) < 4.78 is 10.8. The van der Waals surface area contributed by atoms with Gasteiger partial charge in [0.25, 0.3) is 0 Å². The highest BCUT2D eigenvalue weighted by molar-refractivity contribution is 7.52. The minimum Gasteiger partial charge on any atom is -0.382 e. The van der Waals surface area contributed by atoms with Crippen molar-refractivity contribution in [1.82, 2.24) is 0 Å². The van der Waals surface area contributed by atoms with Gasteiger partial charge in [-0.2, -0.15) is 0 Å². The predicted molar refractivity (Wildman–Crippen MR) is 21.3 cm³/mol. The molecule has 1 atom stereocenters. The van der Waals surface area contributed by atoms with E-state index in [9.17, 15) is 4.20 Å².